The fourth-order valence-corrected chi connectivity index (χ4v) is 2.09. The molecule has 0 bridgehead atoms. The van der Waals surface area contributed by atoms with Crippen molar-refractivity contribution >= 4 is 6.01 Å². The highest BCUT2D eigenvalue weighted by Crippen LogP contribution is 2.33. The number of halogens is 1. The van der Waals surface area contributed by atoms with Gasteiger partial charge >= 0.3 is 6.01 Å². The summed E-state index contributed by atoms with van der Waals surface area (Å²) in [6.07, 6.45) is 0. The Balaban J connectivity index is 1.85. The van der Waals surface area contributed by atoms with Crippen molar-refractivity contribution in [1.82, 2.24) is 10.2 Å². The molecule has 1 aromatic heterocycles. The molecule has 24 heavy (non-hydrogen) atoms. The molecule has 0 radical (unpaired) electrons. The van der Waals surface area contributed by atoms with Crippen molar-refractivity contribution in [3.05, 3.63) is 53.8 Å². The van der Waals surface area contributed by atoms with Crippen molar-refractivity contribution < 1.29 is 18.3 Å². The second-order valence-electron chi connectivity index (χ2n) is 4.80. The third kappa shape index (κ3) is 3.28. The fourth-order valence-electron chi connectivity index (χ4n) is 2.09. The predicted molar refractivity (Wildman–Crippen MR) is 84.8 cm³/mol. The molecular formula is C16H15FN4O3. The number of anilines is 1. The predicted octanol–water partition coefficient (Wildman–Crippen LogP) is 2.75. The number of benzene rings is 2. The van der Waals surface area contributed by atoms with E-state index in [4.69, 9.17) is 19.7 Å². The molecule has 0 aliphatic heterocycles. The summed E-state index contributed by atoms with van der Waals surface area (Å²) in [6.45, 7) is 0.0614. The largest absolute Gasteiger partial charge is 0.493 e. The minimum atomic E-state index is -0.330. The van der Waals surface area contributed by atoms with Gasteiger partial charge in [0, 0.05) is 11.1 Å². The van der Waals surface area contributed by atoms with Crippen LogP contribution in [0.3, 0.4) is 0 Å². The van der Waals surface area contributed by atoms with E-state index in [0.717, 1.165) is 0 Å². The van der Waals surface area contributed by atoms with E-state index >= 15 is 0 Å². The highest BCUT2D eigenvalue weighted by molar-refractivity contribution is 5.60. The van der Waals surface area contributed by atoms with Crippen LogP contribution in [0.4, 0.5) is 10.4 Å². The molecule has 124 valence electrons. The molecule has 0 unspecified atom stereocenters. The molecule has 0 saturated carbocycles. The van der Waals surface area contributed by atoms with E-state index in [1.165, 1.54) is 13.2 Å². The minimum absolute atomic E-state index is 0.0614. The number of hydrogen-bond donors (Lipinski definition) is 2. The second kappa shape index (κ2) is 6.97. The zero-order valence-electron chi connectivity index (χ0n) is 12.8. The standard InChI is InChI=1S/C16H15FN4O3/c1-22-13-7-6-10(15-20-21-16(19-18)24-15)8-14(13)23-9-11-4-2-3-5-12(11)17/h2-8H,9,18H2,1H3,(H,19,21). The van der Waals surface area contributed by atoms with Crippen molar-refractivity contribution in [1.29, 1.82) is 0 Å². The zero-order valence-corrected chi connectivity index (χ0v) is 12.8. The van der Waals surface area contributed by atoms with Gasteiger partial charge in [0.15, 0.2) is 11.5 Å². The van der Waals surface area contributed by atoms with Crippen LogP contribution in [0.25, 0.3) is 11.5 Å². The van der Waals surface area contributed by atoms with Gasteiger partial charge in [-0.05, 0) is 24.3 Å². The number of ether oxygens (including phenoxy) is 2. The lowest BCUT2D eigenvalue weighted by atomic mass is 10.2. The SMILES string of the molecule is COc1ccc(-c2nnc(NN)o2)cc1OCc1ccccc1F. The van der Waals surface area contributed by atoms with E-state index in [1.807, 2.05) is 0 Å². The molecule has 0 saturated heterocycles. The normalized spacial score (nSPS) is 10.5. The molecule has 0 atom stereocenters. The second-order valence-corrected chi connectivity index (χ2v) is 4.80. The number of aromatic nitrogens is 2. The van der Waals surface area contributed by atoms with Gasteiger partial charge in [-0.2, -0.15) is 0 Å². The first-order valence-corrected chi connectivity index (χ1v) is 7.06. The topological polar surface area (TPSA) is 95.4 Å². The summed E-state index contributed by atoms with van der Waals surface area (Å²) >= 11 is 0. The molecule has 0 aliphatic rings. The molecule has 2 aromatic carbocycles. The van der Waals surface area contributed by atoms with Gasteiger partial charge in [0.1, 0.15) is 12.4 Å². The van der Waals surface area contributed by atoms with Gasteiger partial charge in [-0.15, -0.1) is 5.10 Å². The summed E-state index contributed by atoms with van der Waals surface area (Å²) in [6, 6.07) is 11.6. The lowest BCUT2D eigenvalue weighted by Gasteiger charge is -2.12. The number of nitrogens with one attached hydrogen (secondary N) is 1. The van der Waals surface area contributed by atoms with Crippen LogP contribution in [0.5, 0.6) is 11.5 Å². The Labute approximate surface area is 137 Å². The molecule has 3 aromatic rings. The van der Waals surface area contributed by atoms with Crippen LogP contribution in [0.15, 0.2) is 46.9 Å². The maximum Gasteiger partial charge on any atom is 0.330 e. The Morgan fingerprint density at radius 2 is 2.00 bits per heavy atom. The van der Waals surface area contributed by atoms with Crippen LogP contribution in [0.2, 0.25) is 0 Å². The molecule has 0 spiro atoms. The third-order valence-electron chi connectivity index (χ3n) is 3.30. The summed E-state index contributed by atoms with van der Waals surface area (Å²) in [4.78, 5) is 0. The average molecular weight is 330 g/mol. The highest BCUT2D eigenvalue weighted by atomic mass is 19.1. The first kappa shape index (κ1) is 15.8. The first-order chi connectivity index (χ1) is 11.7. The smallest absolute Gasteiger partial charge is 0.330 e. The number of rotatable bonds is 6. The number of hydrazine groups is 1. The lowest BCUT2D eigenvalue weighted by Crippen LogP contribution is -2.06. The number of methoxy groups -OCH3 is 1. The van der Waals surface area contributed by atoms with Crippen LogP contribution in [0.1, 0.15) is 5.56 Å². The van der Waals surface area contributed by atoms with Crippen LogP contribution < -0.4 is 20.7 Å². The summed E-state index contributed by atoms with van der Waals surface area (Å²) < 4.78 is 30.0. The lowest BCUT2D eigenvalue weighted by molar-refractivity contribution is 0.280. The van der Waals surface area contributed by atoms with E-state index < -0.39 is 0 Å². The Morgan fingerprint density at radius 3 is 2.71 bits per heavy atom. The van der Waals surface area contributed by atoms with E-state index in [1.54, 1.807) is 36.4 Å². The Bertz CT molecular complexity index is 838. The number of nitrogen functional groups attached to an aromatic ring is 1. The Kier molecular flexibility index (Phi) is 4.57. The summed E-state index contributed by atoms with van der Waals surface area (Å²) in [7, 11) is 1.52. The molecule has 8 heteroatoms. The average Bonchev–Trinajstić information content (AvgIpc) is 3.10. The Hall–Kier alpha value is -3.13. The van der Waals surface area contributed by atoms with Gasteiger partial charge in [-0.1, -0.05) is 23.3 Å². The van der Waals surface area contributed by atoms with Gasteiger partial charge < -0.3 is 13.9 Å². The van der Waals surface area contributed by atoms with Crippen LogP contribution in [0, 0.1) is 5.82 Å². The van der Waals surface area contributed by atoms with Crippen molar-refractivity contribution in [2.75, 3.05) is 12.5 Å². The number of nitrogens with zero attached hydrogens (tertiary/aromatic N) is 2. The first-order valence-electron chi connectivity index (χ1n) is 7.06. The van der Waals surface area contributed by atoms with E-state index in [-0.39, 0.29) is 24.3 Å². The monoisotopic (exact) mass is 330 g/mol. The summed E-state index contributed by atoms with van der Waals surface area (Å²) in [5.41, 5.74) is 3.33. The molecule has 0 fully saturated rings. The van der Waals surface area contributed by atoms with Gasteiger partial charge in [0.2, 0.25) is 5.89 Å². The third-order valence-corrected chi connectivity index (χ3v) is 3.30. The summed E-state index contributed by atoms with van der Waals surface area (Å²) in [5, 5.41) is 7.58. The molecule has 1 heterocycles. The quantitative estimate of drug-likeness (QED) is 0.530. The fraction of sp³-hybridized carbons (Fsp3) is 0.125. The van der Waals surface area contributed by atoms with E-state index in [9.17, 15) is 4.39 Å². The minimum Gasteiger partial charge on any atom is -0.493 e. The van der Waals surface area contributed by atoms with E-state index in [0.29, 0.717) is 22.6 Å². The molecule has 0 aliphatic carbocycles. The highest BCUT2D eigenvalue weighted by Gasteiger charge is 2.13. The van der Waals surface area contributed by atoms with E-state index in [2.05, 4.69) is 15.6 Å². The van der Waals surface area contributed by atoms with Crippen molar-refractivity contribution in [2.45, 2.75) is 6.61 Å². The van der Waals surface area contributed by atoms with Crippen molar-refractivity contribution in [3.63, 3.8) is 0 Å². The molecule has 7 nitrogen and oxygen atoms in total. The number of hydrogen-bond acceptors (Lipinski definition) is 7. The zero-order chi connectivity index (χ0) is 16.9. The molecular weight excluding hydrogens is 315 g/mol. The van der Waals surface area contributed by atoms with Crippen LogP contribution in [-0.4, -0.2) is 17.3 Å². The maximum atomic E-state index is 13.7. The van der Waals surface area contributed by atoms with Gasteiger partial charge in [0.25, 0.3) is 0 Å². The molecule has 0 amide bonds. The molecule has 3 N–H and O–H groups in total. The van der Waals surface area contributed by atoms with Crippen LogP contribution >= 0.6 is 0 Å². The van der Waals surface area contributed by atoms with Gasteiger partial charge in [-0.25, -0.2) is 10.2 Å². The van der Waals surface area contributed by atoms with Gasteiger partial charge in [0.05, 0.1) is 7.11 Å². The number of nitrogens with two attached hydrogens (primary N) is 1. The van der Waals surface area contributed by atoms with Gasteiger partial charge in [-0.3, -0.25) is 5.43 Å². The maximum absolute atomic E-state index is 13.7. The van der Waals surface area contributed by atoms with Crippen molar-refractivity contribution in [3.8, 4) is 23.0 Å². The summed E-state index contributed by atoms with van der Waals surface area (Å²) in [5.74, 6) is 6.09. The Morgan fingerprint density at radius 1 is 1.17 bits per heavy atom. The van der Waals surface area contributed by atoms with Crippen LogP contribution in [-0.2, 0) is 6.61 Å². The molecule has 3 rings (SSSR count). The van der Waals surface area contributed by atoms with Crippen molar-refractivity contribution in [2.24, 2.45) is 5.84 Å².